The van der Waals surface area contributed by atoms with Crippen molar-refractivity contribution in [2.24, 2.45) is 11.5 Å². The van der Waals surface area contributed by atoms with E-state index in [0.29, 0.717) is 83.7 Å². The zero-order valence-corrected chi connectivity index (χ0v) is 31.1. The number of benzene rings is 2. The zero-order valence-electron chi connectivity index (χ0n) is 31.1. The summed E-state index contributed by atoms with van der Waals surface area (Å²) in [5.41, 5.74) is 17.2. The number of nitrogens with two attached hydrogens (primary N) is 2. The molecule has 0 saturated heterocycles. The first-order valence-electron chi connectivity index (χ1n) is 18.1. The number of fused-ring (bicyclic) bond motifs is 3. The van der Waals surface area contributed by atoms with Crippen LogP contribution in [-0.2, 0) is 19.6 Å². The fourth-order valence-electron chi connectivity index (χ4n) is 7.55. The zero-order chi connectivity index (χ0) is 38.7. The molecule has 55 heavy (non-hydrogen) atoms. The van der Waals surface area contributed by atoms with Crippen molar-refractivity contribution in [3.8, 4) is 23.0 Å². The fourth-order valence-corrected chi connectivity index (χ4v) is 7.55. The van der Waals surface area contributed by atoms with Gasteiger partial charge in [0, 0.05) is 47.7 Å². The number of primary amides is 2. The highest BCUT2D eigenvalue weighted by atomic mass is 16.5. The Kier molecular flexibility index (Phi) is 8.70. The molecule has 1 atom stereocenters. The van der Waals surface area contributed by atoms with Crippen LogP contribution in [0.2, 0.25) is 0 Å². The monoisotopic (exact) mass is 744 g/mol. The number of carbonyl (C=O) groups is 3. The van der Waals surface area contributed by atoms with E-state index in [1.54, 1.807) is 48.3 Å². The molecular formula is C38H40N12O5. The maximum atomic E-state index is 13.7. The van der Waals surface area contributed by atoms with E-state index >= 15 is 0 Å². The molecule has 0 saturated carbocycles. The van der Waals surface area contributed by atoms with Gasteiger partial charge in [-0.05, 0) is 76.9 Å². The van der Waals surface area contributed by atoms with Crippen molar-refractivity contribution in [1.29, 1.82) is 0 Å². The topological polar surface area (TPSA) is 218 Å². The van der Waals surface area contributed by atoms with Gasteiger partial charge in [-0.3, -0.25) is 29.1 Å². The van der Waals surface area contributed by atoms with E-state index in [1.165, 1.54) is 0 Å². The van der Waals surface area contributed by atoms with Crippen LogP contribution in [0.25, 0.3) is 44.5 Å². The Hall–Kier alpha value is -6.78. The molecule has 0 spiro atoms. The molecule has 17 heteroatoms. The Morgan fingerprint density at radius 2 is 1.64 bits per heavy atom. The van der Waals surface area contributed by atoms with Gasteiger partial charge in [-0.15, -0.1) is 0 Å². The highest BCUT2D eigenvalue weighted by molar-refractivity contribution is 6.12. The minimum absolute atomic E-state index is 0.251. The summed E-state index contributed by atoms with van der Waals surface area (Å²) in [6, 6.07) is 10.0. The molecule has 17 nitrogen and oxygen atoms in total. The highest BCUT2D eigenvalue weighted by Gasteiger charge is 2.30. The molecule has 5 N–H and O–H groups in total. The lowest BCUT2D eigenvalue weighted by Gasteiger charge is -2.27. The molecule has 6 heterocycles. The summed E-state index contributed by atoms with van der Waals surface area (Å²) in [5.74, 6) is 0.203. The average molecular weight is 745 g/mol. The first-order chi connectivity index (χ1) is 26.5. The first kappa shape index (κ1) is 35.3. The molecule has 0 bridgehead atoms. The summed E-state index contributed by atoms with van der Waals surface area (Å²) in [6.07, 6.45) is 2.99. The molecule has 1 aliphatic rings. The van der Waals surface area contributed by atoms with Crippen LogP contribution < -0.4 is 26.3 Å². The first-order valence-corrected chi connectivity index (χ1v) is 18.1. The lowest BCUT2D eigenvalue weighted by atomic mass is 10.1. The van der Waals surface area contributed by atoms with Crippen LogP contribution in [0.1, 0.15) is 75.3 Å². The van der Waals surface area contributed by atoms with Gasteiger partial charge in [-0.1, -0.05) is 0 Å². The molecule has 282 valence electrons. The molecule has 1 aliphatic heterocycles. The number of amides is 3. The Bertz CT molecular complexity index is 2700. The van der Waals surface area contributed by atoms with Gasteiger partial charge in [0.05, 0.1) is 35.6 Å². The maximum Gasteiger partial charge on any atom is 0.276 e. The van der Waals surface area contributed by atoms with E-state index in [2.05, 4.69) is 20.1 Å². The number of hydrogen-bond donors (Lipinski definition) is 3. The third-order valence-electron chi connectivity index (χ3n) is 10.0. The number of nitrogens with one attached hydrogen (secondary N) is 1. The van der Waals surface area contributed by atoms with Crippen molar-refractivity contribution >= 4 is 56.6 Å². The molecule has 3 amide bonds. The summed E-state index contributed by atoms with van der Waals surface area (Å²) < 4.78 is 19.6. The summed E-state index contributed by atoms with van der Waals surface area (Å²) in [4.78, 5) is 52.8. The van der Waals surface area contributed by atoms with Crippen LogP contribution in [0.4, 0.5) is 5.95 Å². The van der Waals surface area contributed by atoms with Crippen LogP contribution in [0.15, 0.2) is 42.6 Å². The quantitative estimate of drug-likeness (QED) is 0.159. The van der Waals surface area contributed by atoms with E-state index in [1.807, 2.05) is 43.0 Å². The molecule has 5 aromatic heterocycles. The van der Waals surface area contributed by atoms with Crippen LogP contribution >= 0.6 is 0 Å². The van der Waals surface area contributed by atoms with Crippen molar-refractivity contribution < 1.29 is 23.9 Å². The minimum Gasteiger partial charge on any atom is -0.495 e. The number of ether oxygens (including phenoxy) is 2. The van der Waals surface area contributed by atoms with Gasteiger partial charge < -0.3 is 30.1 Å². The third-order valence-corrected chi connectivity index (χ3v) is 10.0. The van der Waals surface area contributed by atoms with Gasteiger partial charge in [0.2, 0.25) is 17.8 Å². The summed E-state index contributed by atoms with van der Waals surface area (Å²) in [6.45, 7) is 9.59. The normalized spacial score (nSPS) is 13.8. The second kappa shape index (κ2) is 13.6. The van der Waals surface area contributed by atoms with Crippen molar-refractivity contribution in [3.63, 3.8) is 0 Å². The Balaban J connectivity index is 1.19. The van der Waals surface area contributed by atoms with E-state index in [9.17, 15) is 14.4 Å². The molecule has 0 fully saturated rings. The standard InChI is InChI=1S/C38H40N12O5/c1-6-48-27(11-19(3)45-48)35-41-17-25-24-13-21(33(39)51)15-29(54-5)31(24)47(36(25)43-35)10-8-9-23-18-55-30-16-22(34(40)52)14-26-32(30)50(23)38(42-26)44-37(53)28-12-20(4)46-49(28)7-2/h11-17,23H,6-10,18H2,1-5H3,(H2,39,51)(H2,40,52)(H,42,44,53)/t23-/m0/s1. The largest absolute Gasteiger partial charge is 0.495 e. The van der Waals surface area contributed by atoms with Crippen LogP contribution in [-0.4, -0.2) is 75.1 Å². The number of nitrogens with zero attached hydrogens (tertiary/aromatic N) is 9. The van der Waals surface area contributed by atoms with E-state index in [-0.39, 0.29) is 24.1 Å². The van der Waals surface area contributed by atoms with Gasteiger partial charge >= 0.3 is 0 Å². The fraction of sp³-hybridized carbons (Fsp3) is 0.316. The van der Waals surface area contributed by atoms with Crippen molar-refractivity contribution in [2.75, 3.05) is 19.0 Å². The van der Waals surface area contributed by atoms with Gasteiger partial charge in [-0.25, -0.2) is 15.0 Å². The van der Waals surface area contributed by atoms with Crippen molar-refractivity contribution in [2.45, 2.75) is 66.2 Å². The summed E-state index contributed by atoms with van der Waals surface area (Å²) in [5, 5.41) is 13.5. The smallest absolute Gasteiger partial charge is 0.276 e. The number of carbonyl (C=O) groups excluding carboxylic acids is 3. The number of aryl methyl sites for hydroxylation is 5. The maximum absolute atomic E-state index is 13.7. The van der Waals surface area contributed by atoms with Gasteiger partial charge in [-0.2, -0.15) is 10.2 Å². The molecule has 0 aliphatic carbocycles. The van der Waals surface area contributed by atoms with Gasteiger partial charge in [0.25, 0.3) is 5.91 Å². The van der Waals surface area contributed by atoms with Gasteiger partial charge in [0.15, 0.2) is 5.82 Å². The number of methoxy groups -OCH3 is 1. The predicted molar refractivity (Wildman–Crippen MR) is 204 cm³/mol. The second-order valence-corrected chi connectivity index (χ2v) is 13.6. The molecule has 0 radical (unpaired) electrons. The number of rotatable bonds is 12. The molecule has 7 aromatic rings. The Morgan fingerprint density at radius 1 is 0.909 bits per heavy atom. The number of anilines is 1. The number of aromatic nitrogens is 9. The third kappa shape index (κ3) is 5.97. The molecule has 2 aromatic carbocycles. The Morgan fingerprint density at radius 3 is 2.36 bits per heavy atom. The predicted octanol–water partition coefficient (Wildman–Crippen LogP) is 4.52. The average Bonchev–Trinajstić information content (AvgIpc) is 3.93. The highest BCUT2D eigenvalue weighted by Crippen LogP contribution is 2.40. The lowest BCUT2D eigenvalue weighted by molar-refractivity contribution is 0.0991. The van der Waals surface area contributed by atoms with E-state index in [0.717, 1.165) is 33.4 Å². The van der Waals surface area contributed by atoms with Crippen LogP contribution in [0.5, 0.6) is 11.5 Å². The Labute approximate surface area is 314 Å². The van der Waals surface area contributed by atoms with Crippen LogP contribution in [0, 0.1) is 13.8 Å². The van der Waals surface area contributed by atoms with Gasteiger partial charge in [0.1, 0.15) is 40.7 Å². The minimum atomic E-state index is -0.614. The molecular weight excluding hydrogens is 704 g/mol. The van der Waals surface area contributed by atoms with Crippen molar-refractivity contribution in [1.82, 2.24) is 43.6 Å². The number of imidazole rings is 1. The SMILES string of the molecule is CCn1nc(C)cc1C(=O)Nc1nc2cc(C(N)=O)cc3c2n1[C@@H](CCCn1c2nc(-c4cc(C)nn4CC)ncc2c2cc(C(N)=O)cc(OC)c21)CO3. The van der Waals surface area contributed by atoms with Crippen LogP contribution in [0.3, 0.4) is 0 Å². The summed E-state index contributed by atoms with van der Waals surface area (Å²) >= 11 is 0. The molecule has 0 unspecified atom stereocenters. The van der Waals surface area contributed by atoms with E-state index in [4.69, 9.17) is 35.9 Å². The summed E-state index contributed by atoms with van der Waals surface area (Å²) in [7, 11) is 1.55. The van der Waals surface area contributed by atoms with E-state index < -0.39 is 11.8 Å². The lowest BCUT2D eigenvalue weighted by Crippen LogP contribution is -2.26. The second-order valence-electron chi connectivity index (χ2n) is 13.6. The van der Waals surface area contributed by atoms with Crippen molar-refractivity contribution in [3.05, 3.63) is 70.8 Å². The number of hydrogen-bond acceptors (Lipinski definition) is 10. The molecule has 8 rings (SSSR count).